The van der Waals surface area contributed by atoms with E-state index in [4.69, 9.17) is 17.3 Å². The first-order valence-corrected chi connectivity index (χ1v) is 7.62. The van der Waals surface area contributed by atoms with Crippen molar-refractivity contribution in [2.75, 3.05) is 13.1 Å². The number of nitrogens with zero attached hydrogens (tertiary/aromatic N) is 3. The summed E-state index contributed by atoms with van der Waals surface area (Å²) in [6, 6.07) is -0.0742. The molecule has 1 heterocycles. The third-order valence-corrected chi connectivity index (χ3v) is 4.96. The number of hydrogen-bond acceptors (Lipinski definition) is 3. The summed E-state index contributed by atoms with van der Waals surface area (Å²) in [5.74, 6) is 0. The van der Waals surface area contributed by atoms with Gasteiger partial charge in [0.05, 0.1) is 23.0 Å². The van der Waals surface area contributed by atoms with Gasteiger partial charge >= 0.3 is 0 Å². The second-order valence-electron chi connectivity index (χ2n) is 5.46. The van der Waals surface area contributed by atoms with E-state index in [1.165, 1.54) is 12.8 Å². The third-order valence-electron chi connectivity index (χ3n) is 4.67. The van der Waals surface area contributed by atoms with Crippen LogP contribution >= 0.6 is 11.6 Å². The molecule has 0 amide bonds. The first kappa shape index (κ1) is 14.8. The summed E-state index contributed by atoms with van der Waals surface area (Å²) in [4.78, 5) is 2.51. The molecule has 0 spiro atoms. The van der Waals surface area contributed by atoms with Crippen molar-refractivity contribution < 1.29 is 0 Å². The zero-order chi connectivity index (χ0) is 14.0. The lowest BCUT2D eigenvalue weighted by Gasteiger charge is -2.44. The van der Waals surface area contributed by atoms with Crippen LogP contribution < -0.4 is 5.73 Å². The van der Waals surface area contributed by atoms with Crippen LogP contribution in [0.3, 0.4) is 0 Å². The fourth-order valence-corrected chi connectivity index (χ4v) is 3.97. The highest BCUT2D eigenvalue weighted by atomic mass is 35.5. The molecule has 1 unspecified atom stereocenters. The maximum Gasteiger partial charge on any atom is 0.0834 e. The number of rotatable bonds is 5. The number of likely N-dealkylation sites (N-methyl/N-ethyl adjacent to an activating group) is 1. The highest BCUT2D eigenvalue weighted by molar-refractivity contribution is 6.31. The van der Waals surface area contributed by atoms with Gasteiger partial charge in [0.1, 0.15) is 0 Å². The van der Waals surface area contributed by atoms with Crippen molar-refractivity contribution in [3.8, 4) is 0 Å². The van der Waals surface area contributed by atoms with Crippen LogP contribution in [0.1, 0.15) is 51.3 Å². The molecule has 1 aromatic heterocycles. The van der Waals surface area contributed by atoms with Crippen LogP contribution in [0.5, 0.6) is 0 Å². The number of aryl methyl sites for hydroxylation is 1. The molecule has 1 fully saturated rings. The average molecular weight is 285 g/mol. The van der Waals surface area contributed by atoms with Crippen LogP contribution in [0.4, 0.5) is 0 Å². The van der Waals surface area contributed by atoms with Gasteiger partial charge in [-0.15, -0.1) is 0 Å². The molecule has 0 saturated heterocycles. The van der Waals surface area contributed by atoms with E-state index in [-0.39, 0.29) is 11.6 Å². The maximum absolute atomic E-state index is 6.65. The molecule has 0 radical (unpaired) electrons. The number of nitrogens with two attached hydrogens (primary N) is 1. The summed E-state index contributed by atoms with van der Waals surface area (Å²) in [6.07, 6.45) is 6.50. The molecule has 0 aliphatic heterocycles. The molecule has 5 heteroatoms. The van der Waals surface area contributed by atoms with E-state index in [1.807, 2.05) is 11.7 Å². The minimum Gasteiger partial charge on any atom is -0.321 e. The zero-order valence-corrected chi connectivity index (χ0v) is 13.0. The fraction of sp³-hybridized carbons (Fsp3) is 0.786. The highest BCUT2D eigenvalue weighted by Crippen LogP contribution is 2.44. The molecule has 1 aliphatic carbocycles. The van der Waals surface area contributed by atoms with Crippen molar-refractivity contribution in [1.29, 1.82) is 0 Å². The Hall–Kier alpha value is -0.580. The highest BCUT2D eigenvalue weighted by Gasteiger charge is 2.45. The summed E-state index contributed by atoms with van der Waals surface area (Å²) in [5.41, 5.74) is 7.66. The smallest absolute Gasteiger partial charge is 0.0834 e. The number of aromatic nitrogens is 2. The van der Waals surface area contributed by atoms with Crippen molar-refractivity contribution in [2.24, 2.45) is 12.8 Å². The van der Waals surface area contributed by atoms with E-state index in [1.54, 1.807) is 6.20 Å². The fourth-order valence-electron chi connectivity index (χ4n) is 3.69. The van der Waals surface area contributed by atoms with E-state index in [2.05, 4.69) is 23.8 Å². The van der Waals surface area contributed by atoms with Crippen LogP contribution in [-0.4, -0.2) is 33.3 Å². The number of halogens is 1. The Kier molecular flexibility index (Phi) is 4.54. The number of hydrogen-bond donors (Lipinski definition) is 1. The van der Waals surface area contributed by atoms with E-state index in [0.717, 1.165) is 31.6 Å². The van der Waals surface area contributed by atoms with Gasteiger partial charge in [-0.1, -0.05) is 38.3 Å². The van der Waals surface area contributed by atoms with Crippen molar-refractivity contribution in [1.82, 2.24) is 14.7 Å². The Labute approximate surface area is 120 Å². The van der Waals surface area contributed by atoms with Crippen molar-refractivity contribution in [3.63, 3.8) is 0 Å². The van der Waals surface area contributed by atoms with Crippen molar-refractivity contribution in [3.05, 3.63) is 16.9 Å². The molecule has 19 heavy (non-hydrogen) atoms. The minimum absolute atomic E-state index is 0.0426. The summed E-state index contributed by atoms with van der Waals surface area (Å²) in [5, 5.41) is 4.93. The molecule has 1 aliphatic rings. The van der Waals surface area contributed by atoms with E-state index in [0.29, 0.717) is 5.02 Å². The minimum atomic E-state index is -0.0742. The van der Waals surface area contributed by atoms with Crippen molar-refractivity contribution in [2.45, 2.75) is 51.1 Å². The first-order valence-electron chi connectivity index (χ1n) is 7.24. The van der Waals surface area contributed by atoms with Crippen molar-refractivity contribution >= 4 is 11.6 Å². The van der Waals surface area contributed by atoms with Gasteiger partial charge in [-0.05, 0) is 25.9 Å². The lowest BCUT2D eigenvalue weighted by Crippen LogP contribution is -2.54. The van der Waals surface area contributed by atoms with Gasteiger partial charge in [0.15, 0.2) is 0 Å². The van der Waals surface area contributed by atoms with Crippen LogP contribution in [0.25, 0.3) is 0 Å². The third kappa shape index (κ3) is 2.41. The molecule has 2 rings (SSSR count). The van der Waals surface area contributed by atoms with Gasteiger partial charge < -0.3 is 5.73 Å². The van der Waals surface area contributed by atoms with Crippen LogP contribution in [0.2, 0.25) is 5.02 Å². The van der Waals surface area contributed by atoms with Crippen LogP contribution in [0.15, 0.2) is 6.20 Å². The lowest BCUT2D eigenvalue weighted by atomic mass is 9.84. The largest absolute Gasteiger partial charge is 0.321 e. The Morgan fingerprint density at radius 3 is 2.42 bits per heavy atom. The van der Waals surface area contributed by atoms with Gasteiger partial charge in [0.2, 0.25) is 0 Å². The summed E-state index contributed by atoms with van der Waals surface area (Å²) < 4.78 is 1.83. The molecule has 1 atom stereocenters. The summed E-state index contributed by atoms with van der Waals surface area (Å²) in [7, 11) is 1.92. The van der Waals surface area contributed by atoms with Gasteiger partial charge in [0.25, 0.3) is 0 Å². The average Bonchev–Trinajstić information content (AvgIpc) is 2.99. The maximum atomic E-state index is 6.65. The molecule has 0 bridgehead atoms. The Morgan fingerprint density at radius 2 is 2.00 bits per heavy atom. The van der Waals surface area contributed by atoms with E-state index < -0.39 is 0 Å². The van der Waals surface area contributed by atoms with Gasteiger partial charge in [0, 0.05) is 12.6 Å². The molecule has 1 aromatic rings. The molecular weight excluding hydrogens is 260 g/mol. The zero-order valence-electron chi connectivity index (χ0n) is 12.2. The Morgan fingerprint density at radius 1 is 1.42 bits per heavy atom. The predicted octanol–water partition coefficient (Wildman–Crippen LogP) is 2.73. The molecule has 1 saturated carbocycles. The standard InChI is InChI=1S/C14H25ClN4/c1-4-19(5-2)14(8-6-7-9-14)13(16)12-11(15)10-17-18(12)3/h10,13H,4-9,16H2,1-3H3. The lowest BCUT2D eigenvalue weighted by molar-refractivity contribution is 0.0743. The van der Waals surface area contributed by atoms with Gasteiger partial charge in [-0.3, -0.25) is 9.58 Å². The quantitative estimate of drug-likeness (QED) is 0.904. The second-order valence-corrected chi connectivity index (χ2v) is 5.87. The molecule has 0 aromatic carbocycles. The SMILES string of the molecule is CCN(CC)C1(C(N)c2c(Cl)cnn2C)CCCC1. The monoisotopic (exact) mass is 284 g/mol. The first-order chi connectivity index (χ1) is 9.06. The molecule has 2 N–H and O–H groups in total. The van der Waals surface area contributed by atoms with E-state index >= 15 is 0 Å². The van der Waals surface area contributed by atoms with Gasteiger partial charge in [-0.2, -0.15) is 5.10 Å². The molecular formula is C14H25ClN4. The molecule has 108 valence electrons. The second kappa shape index (κ2) is 5.81. The topological polar surface area (TPSA) is 47.1 Å². The summed E-state index contributed by atoms with van der Waals surface area (Å²) in [6.45, 7) is 6.47. The van der Waals surface area contributed by atoms with Crippen LogP contribution in [0, 0.1) is 0 Å². The van der Waals surface area contributed by atoms with Gasteiger partial charge in [-0.25, -0.2) is 0 Å². The predicted molar refractivity (Wildman–Crippen MR) is 79.3 cm³/mol. The van der Waals surface area contributed by atoms with Crippen LogP contribution in [-0.2, 0) is 7.05 Å². The molecule has 4 nitrogen and oxygen atoms in total. The Balaban J connectivity index is 2.39. The normalized spacial score (nSPS) is 20.1. The Bertz CT molecular complexity index is 400. The van der Waals surface area contributed by atoms with E-state index in [9.17, 15) is 0 Å². The summed E-state index contributed by atoms with van der Waals surface area (Å²) >= 11 is 6.29.